The number of nitrogens with one attached hydrogen (secondary N) is 1. The minimum atomic E-state index is 0. The van der Waals surface area contributed by atoms with Gasteiger partial charge in [0.15, 0.2) is 5.96 Å². The summed E-state index contributed by atoms with van der Waals surface area (Å²) in [5.41, 5.74) is 1.07. The Morgan fingerprint density at radius 2 is 2.33 bits per heavy atom. The third-order valence-corrected chi connectivity index (χ3v) is 3.64. The second kappa shape index (κ2) is 8.98. The maximum Gasteiger partial charge on any atom is 0.193 e. The topological polar surface area (TPSA) is 58.3 Å². The molecule has 2 aromatic heterocycles. The van der Waals surface area contributed by atoms with Crippen molar-refractivity contribution in [3.05, 3.63) is 34.5 Å². The molecule has 21 heavy (non-hydrogen) atoms. The van der Waals surface area contributed by atoms with E-state index in [0.29, 0.717) is 0 Å². The molecule has 0 bridgehead atoms. The lowest BCUT2D eigenvalue weighted by atomic mass is 10.4. The van der Waals surface area contributed by atoms with Crippen molar-refractivity contribution < 1.29 is 0 Å². The van der Waals surface area contributed by atoms with Gasteiger partial charge in [-0.05, 0) is 13.0 Å². The molecule has 2 heterocycles. The summed E-state index contributed by atoms with van der Waals surface area (Å²) >= 11 is 1.67. The molecule has 0 atom stereocenters. The average Bonchev–Trinajstić information content (AvgIpc) is 3.06. The number of hydrogen-bond acceptors (Lipinski definition) is 4. The normalized spacial score (nSPS) is 11.1. The number of aliphatic imine (C=N–C) groups is 1. The van der Waals surface area contributed by atoms with Gasteiger partial charge in [-0.15, -0.1) is 35.3 Å². The number of hydrogen-bond donors (Lipinski definition) is 1. The van der Waals surface area contributed by atoms with E-state index in [1.165, 1.54) is 0 Å². The monoisotopic (exact) mass is 420 g/mol. The Labute approximate surface area is 146 Å². The molecule has 0 unspecified atom stereocenters. The van der Waals surface area contributed by atoms with Gasteiger partial charge in [0.05, 0.1) is 23.8 Å². The Morgan fingerprint density at radius 3 is 2.90 bits per heavy atom. The largest absolute Gasteiger partial charge is 0.354 e. The van der Waals surface area contributed by atoms with Crippen molar-refractivity contribution in [3.63, 3.8) is 0 Å². The maximum absolute atomic E-state index is 4.47. The first-order valence-corrected chi connectivity index (χ1v) is 7.37. The van der Waals surface area contributed by atoms with E-state index in [2.05, 4.69) is 30.7 Å². The number of halogens is 1. The lowest BCUT2D eigenvalue weighted by molar-refractivity contribution is 0.465. The molecule has 2 aromatic rings. The van der Waals surface area contributed by atoms with E-state index in [-0.39, 0.29) is 24.0 Å². The Morgan fingerprint density at radius 1 is 1.52 bits per heavy atom. The van der Waals surface area contributed by atoms with Gasteiger partial charge in [0.25, 0.3) is 0 Å². The van der Waals surface area contributed by atoms with Crippen molar-refractivity contribution in [3.8, 4) is 0 Å². The van der Waals surface area contributed by atoms with Gasteiger partial charge in [0.2, 0.25) is 0 Å². The van der Waals surface area contributed by atoms with Crippen LogP contribution in [0.4, 0.5) is 0 Å². The predicted octanol–water partition coefficient (Wildman–Crippen LogP) is 1.97. The van der Waals surface area contributed by atoms with Crippen molar-refractivity contribution in [2.24, 2.45) is 4.99 Å². The summed E-state index contributed by atoms with van der Waals surface area (Å²) in [6, 6.07) is 1.92. The Kier molecular flexibility index (Phi) is 7.65. The molecule has 0 aliphatic heterocycles. The van der Waals surface area contributed by atoms with Gasteiger partial charge in [0.1, 0.15) is 0 Å². The van der Waals surface area contributed by atoms with Crippen molar-refractivity contribution in [1.82, 2.24) is 25.0 Å². The number of aryl methyl sites for hydroxylation is 1. The highest BCUT2D eigenvalue weighted by Gasteiger charge is 2.08. The molecule has 6 nitrogen and oxygen atoms in total. The third-order valence-electron chi connectivity index (χ3n) is 2.82. The predicted molar refractivity (Wildman–Crippen MR) is 97.3 cm³/mol. The Balaban J connectivity index is 0.00000220. The van der Waals surface area contributed by atoms with E-state index in [0.717, 1.165) is 36.3 Å². The van der Waals surface area contributed by atoms with E-state index < -0.39 is 0 Å². The molecule has 0 aliphatic carbocycles. The van der Waals surface area contributed by atoms with Gasteiger partial charge >= 0.3 is 0 Å². The summed E-state index contributed by atoms with van der Waals surface area (Å²) in [7, 11) is 3.80. The van der Waals surface area contributed by atoms with Crippen LogP contribution in [0.25, 0.3) is 0 Å². The van der Waals surface area contributed by atoms with E-state index in [9.17, 15) is 0 Å². The fraction of sp³-hybridized carbons (Fsp3) is 0.462. The minimum Gasteiger partial charge on any atom is -0.354 e. The van der Waals surface area contributed by atoms with Gasteiger partial charge in [-0.25, -0.2) is 4.98 Å². The van der Waals surface area contributed by atoms with Gasteiger partial charge in [-0.1, -0.05) is 0 Å². The molecule has 8 heteroatoms. The second-order valence-corrected chi connectivity index (χ2v) is 5.52. The highest BCUT2D eigenvalue weighted by atomic mass is 127. The maximum atomic E-state index is 4.47. The van der Waals surface area contributed by atoms with Crippen LogP contribution in [0.1, 0.15) is 10.7 Å². The molecular formula is C13H21IN6S. The number of rotatable bonds is 5. The van der Waals surface area contributed by atoms with Gasteiger partial charge in [-0.2, -0.15) is 5.10 Å². The molecule has 0 saturated carbocycles. The van der Waals surface area contributed by atoms with Crippen LogP contribution in [0.3, 0.4) is 0 Å². The quantitative estimate of drug-likeness (QED) is 0.457. The van der Waals surface area contributed by atoms with Crippen LogP contribution in [-0.2, 0) is 13.1 Å². The molecule has 116 valence electrons. The van der Waals surface area contributed by atoms with Crippen LogP contribution in [0.15, 0.2) is 28.8 Å². The lowest BCUT2D eigenvalue weighted by Gasteiger charge is -2.21. The first-order valence-electron chi connectivity index (χ1n) is 6.49. The number of guanidine groups is 1. The molecule has 0 amide bonds. The molecule has 0 aliphatic rings. The highest BCUT2D eigenvalue weighted by molar-refractivity contribution is 14.0. The van der Waals surface area contributed by atoms with Crippen LogP contribution < -0.4 is 5.32 Å². The van der Waals surface area contributed by atoms with Gasteiger partial charge in [0, 0.05) is 38.4 Å². The molecule has 0 saturated heterocycles. The molecule has 2 rings (SSSR count). The number of aromatic nitrogens is 3. The fourth-order valence-electron chi connectivity index (χ4n) is 1.90. The number of thiazole rings is 1. The smallest absolute Gasteiger partial charge is 0.193 e. The van der Waals surface area contributed by atoms with Crippen LogP contribution in [0.5, 0.6) is 0 Å². The Hall–Kier alpha value is -1.16. The zero-order chi connectivity index (χ0) is 14.4. The molecule has 0 fully saturated rings. The fourth-order valence-corrected chi connectivity index (χ4v) is 2.50. The van der Waals surface area contributed by atoms with Crippen LogP contribution >= 0.6 is 35.3 Å². The van der Waals surface area contributed by atoms with Crippen molar-refractivity contribution >= 4 is 41.3 Å². The SMILES string of the molecule is CN=C(NCCn1cccn1)N(C)Cc1csc(C)n1.I. The van der Waals surface area contributed by atoms with E-state index in [1.54, 1.807) is 24.6 Å². The van der Waals surface area contributed by atoms with E-state index in [4.69, 9.17) is 0 Å². The van der Waals surface area contributed by atoms with Gasteiger partial charge in [-0.3, -0.25) is 9.67 Å². The lowest BCUT2D eigenvalue weighted by Crippen LogP contribution is -2.39. The Bertz CT molecular complexity index is 551. The first kappa shape index (κ1) is 17.9. The van der Waals surface area contributed by atoms with Crippen LogP contribution in [0, 0.1) is 6.92 Å². The zero-order valence-corrected chi connectivity index (χ0v) is 15.6. The molecule has 0 radical (unpaired) electrons. The van der Waals surface area contributed by atoms with E-state index in [1.807, 2.05) is 30.9 Å². The van der Waals surface area contributed by atoms with Crippen molar-refractivity contribution in [2.45, 2.75) is 20.0 Å². The van der Waals surface area contributed by atoms with Crippen molar-refractivity contribution in [2.75, 3.05) is 20.6 Å². The molecule has 1 N–H and O–H groups in total. The summed E-state index contributed by atoms with van der Waals surface area (Å²) in [5, 5.41) is 10.7. The van der Waals surface area contributed by atoms with Crippen LogP contribution in [-0.4, -0.2) is 46.3 Å². The standard InChI is InChI=1S/C13H20N6S.HI/c1-11-17-12(10-20-11)9-18(3)13(14-2)15-6-8-19-7-4-5-16-19;/h4-5,7,10H,6,8-9H2,1-3H3,(H,14,15);1H. The van der Waals surface area contributed by atoms with Crippen molar-refractivity contribution in [1.29, 1.82) is 0 Å². The highest BCUT2D eigenvalue weighted by Crippen LogP contribution is 2.09. The van der Waals surface area contributed by atoms with E-state index >= 15 is 0 Å². The molecule has 0 spiro atoms. The van der Waals surface area contributed by atoms with Crippen LogP contribution in [0.2, 0.25) is 0 Å². The third kappa shape index (κ3) is 5.62. The summed E-state index contributed by atoms with van der Waals surface area (Å²) in [5.74, 6) is 0.864. The summed E-state index contributed by atoms with van der Waals surface area (Å²) in [6.45, 7) is 4.38. The average molecular weight is 420 g/mol. The minimum absolute atomic E-state index is 0. The molecular weight excluding hydrogens is 399 g/mol. The van der Waals surface area contributed by atoms with Gasteiger partial charge < -0.3 is 10.2 Å². The number of nitrogens with zero attached hydrogens (tertiary/aromatic N) is 5. The zero-order valence-electron chi connectivity index (χ0n) is 12.5. The second-order valence-electron chi connectivity index (χ2n) is 4.46. The summed E-state index contributed by atoms with van der Waals surface area (Å²) in [4.78, 5) is 10.8. The first-order chi connectivity index (χ1) is 9.69. The summed E-state index contributed by atoms with van der Waals surface area (Å²) < 4.78 is 1.89. The summed E-state index contributed by atoms with van der Waals surface area (Å²) in [6.07, 6.45) is 3.73. The molecule has 0 aromatic carbocycles.